The van der Waals surface area contributed by atoms with Crippen molar-refractivity contribution in [3.8, 4) is 5.75 Å². The number of alkyl halides is 2. The molecule has 0 spiro atoms. The molecule has 0 saturated heterocycles. The zero-order valence-corrected chi connectivity index (χ0v) is 16.5. The van der Waals surface area contributed by atoms with Crippen LogP contribution in [0.2, 0.25) is 0 Å². The van der Waals surface area contributed by atoms with Crippen LogP contribution in [-0.2, 0) is 16.1 Å². The Morgan fingerprint density at radius 1 is 1.16 bits per heavy atom. The van der Waals surface area contributed by atoms with Crippen molar-refractivity contribution in [2.45, 2.75) is 13.2 Å². The molecule has 31 heavy (non-hydrogen) atoms. The Labute approximate surface area is 176 Å². The molecule has 1 aromatic heterocycles. The van der Waals surface area contributed by atoms with Crippen LogP contribution in [0.5, 0.6) is 5.75 Å². The van der Waals surface area contributed by atoms with Crippen molar-refractivity contribution >= 4 is 23.6 Å². The summed E-state index contributed by atoms with van der Waals surface area (Å²) in [5.41, 5.74) is 2.30. The Kier molecular flexibility index (Phi) is 7.10. The molecular weight excluding hydrogens is 408 g/mol. The number of methoxy groups -OCH3 is 1. The monoisotopic (exact) mass is 427 g/mol. The van der Waals surface area contributed by atoms with Crippen molar-refractivity contribution in [1.82, 2.24) is 9.78 Å². The van der Waals surface area contributed by atoms with Gasteiger partial charge in [0.15, 0.2) is 0 Å². The molecule has 3 aromatic rings. The van der Waals surface area contributed by atoms with Gasteiger partial charge in [0.25, 0.3) is 0 Å². The number of hydrogen-bond donors (Lipinski definition) is 1. The van der Waals surface area contributed by atoms with Gasteiger partial charge in [-0.1, -0.05) is 30.3 Å². The number of anilines is 1. The summed E-state index contributed by atoms with van der Waals surface area (Å²) in [7, 11) is 1.32. The van der Waals surface area contributed by atoms with E-state index in [1.807, 2.05) is 6.07 Å². The Hall–Kier alpha value is -4.01. The van der Waals surface area contributed by atoms with Gasteiger partial charge in [0.05, 0.1) is 31.1 Å². The van der Waals surface area contributed by atoms with E-state index in [9.17, 15) is 18.4 Å². The summed E-state index contributed by atoms with van der Waals surface area (Å²) >= 11 is 0. The van der Waals surface area contributed by atoms with Crippen molar-refractivity contribution < 1.29 is 27.8 Å². The second kappa shape index (κ2) is 10.1. The number of esters is 1. The summed E-state index contributed by atoms with van der Waals surface area (Å²) in [6.07, 6.45) is 5.98. The number of carbonyl (C=O) groups excluding carboxylic acids is 2. The molecule has 0 fully saturated rings. The smallest absolute Gasteiger partial charge is 0.387 e. The number of rotatable bonds is 8. The van der Waals surface area contributed by atoms with E-state index in [0.717, 1.165) is 5.56 Å². The molecule has 1 N–H and O–H groups in total. The number of halogens is 2. The molecule has 0 aliphatic carbocycles. The van der Waals surface area contributed by atoms with Crippen LogP contribution < -0.4 is 10.1 Å². The molecule has 160 valence electrons. The molecule has 0 radical (unpaired) electrons. The van der Waals surface area contributed by atoms with Crippen molar-refractivity contribution in [1.29, 1.82) is 0 Å². The first kappa shape index (κ1) is 21.7. The second-order valence-corrected chi connectivity index (χ2v) is 6.35. The number of nitrogens with one attached hydrogen (secondary N) is 1. The highest BCUT2D eigenvalue weighted by Gasteiger charge is 2.12. The van der Waals surface area contributed by atoms with Crippen molar-refractivity contribution in [3.05, 3.63) is 83.7 Å². The molecule has 0 aliphatic rings. The van der Waals surface area contributed by atoms with Gasteiger partial charge in [-0.15, -0.1) is 0 Å². The lowest BCUT2D eigenvalue weighted by atomic mass is 10.1. The van der Waals surface area contributed by atoms with Crippen molar-refractivity contribution in [3.63, 3.8) is 0 Å². The van der Waals surface area contributed by atoms with Gasteiger partial charge in [-0.05, 0) is 35.4 Å². The van der Waals surface area contributed by atoms with Gasteiger partial charge in [0, 0.05) is 12.3 Å². The van der Waals surface area contributed by atoms with Crippen LogP contribution in [0.25, 0.3) is 6.08 Å². The third-order valence-electron chi connectivity index (χ3n) is 4.19. The SMILES string of the molecule is COC(=O)c1ccccc1Cn1cc(NC(=O)/C=C\c2ccc(OC(F)F)cc2)cn1. The van der Waals surface area contributed by atoms with Crippen LogP contribution in [0.1, 0.15) is 21.5 Å². The molecular formula is C22H19F2N3O4. The van der Waals surface area contributed by atoms with E-state index in [-0.39, 0.29) is 11.7 Å². The molecule has 3 rings (SSSR count). The average molecular weight is 427 g/mol. The van der Waals surface area contributed by atoms with E-state index in [0.29, 0.717) is 23.4 Å². The normalized spacial score (nSPS) is 11.0. The maximum Gasteiger partial charge on any atom is 0.387 e. The minimum Gasteiger partial charge on any atom is -0.465 e. The second-order valence-electron chi connectivity index (χ2n) is 6.35. The van der Waals surface area contributed by atoms with Gasteiger partial charge in [-0.2, -0.15) is 13.9 Å². The number of carbonyl (C=O) groups is 2. The van der Waals surface area contributed by atoms with Gasteiger partial charge in [0.2, 0.25) is 5.91 Å². The Morgan fingerprint density at radius 2 is 1.90 bits per heavy atom. The highest BCUT2D eigenvalue weighted by atomic mass is 19.3. The molecule has 1 heterocycles. The Bertz CT molecular complexity index is 1080. The third-order valence-corrected chi connectivity index (χ3v) is 4.19. The van der Waals surface area contributed by atoms with Crippen LogP contribution in [0.15, 0.2) is 67.0 Å². The molecule has 9 heteroatoms. The number of benzene rings is 2. The largest absolute Gasteiger partial charge is 0.465 e. The number of nitrogens with zero attached hydrogens (tertiary/aromatic N) is 2. The van der Waals surface area contributed by atoms with E-state index in [1.165, 1.54) is 31.5 Å². The van der Waals surface area contributed by atoms with Crippen LogP contribution in [0.4, 0.5) is 14.5 Å². The van der Waals surface area contributed by atoms with Crippen molar-refractivity contribution in [2.24, 2.45) is 0 Å². The fourth-order valence-electron chi connectivity index (χ4n) is 2.77. The average Bonchev–Trinajstić information content (AvgIpc) is 3.19. The maximum atomic E-state index is 12.2. The lowest BCUT2D eigenvalue weighted by molar-refractivity contribution is -0.111. The molecule has 0 bridgehead atoms. The highest BCUT2D eigenvalue weighted by molar-refractivity contribution is 6.01. The first-order valence-corrected chi connectivity index (χ1v) is 9.17. The molecule has 0 aliphatic heterocycles. The third kappa shape index (κ3) is 6.23. The minimum absolute atomic E-state index is 0.0396. The Morgan fingerprint density at radius 3 is 2.61 bits per heavy atom. The van der Waals surface area contributed by atoms with Gasteiger partial charge in [0.1, 0.15) is 5.75 Å². The van der Waals surface area contributed by atoms with Crippen LogP contribution in [-0.4, -0.2) is 35.4 Å². The van der Waals surface area contributed by atoms with E-state index in [4.69, 9.17) is 4.74 Å². The first-order chi connectivity index (χ1) is 14.9. The molecule has 7 nitrogen and oxygen atoms in total. The summed E-state index contributed by atoms with van der Waals surface area (Å²) in [4.78, 5) is 24.0. The van der Waals surface area contributed by atoms with E-state index in [1.54, 1.807) is 47.3 Å². The first-order valence-electron chi connectivity index (χ1n) is 9.17. The summed E-state index contributed by atoms with van der Waals surface area (Å²) < 4.78 is 35.0. The van der Waals surface area contributed by atoms with Gasteiger partial charge in [-0.3, -0.25) is 9.48 Å². The summed E-state index contributed by atoms with van der Waals surface area (Å²) in [5, 5.41) is 6.87. The molecule has 0 atom stereocenters. The van der Waals surface area contributed by atoms with E-state index in [2.05, 4.69) is 15.2 Å². The fraction of sp³-hybridized carbons (Fsp3) is 0.136. The minimum atomic E-state index is -2.89. The number of aromatic nitrogens is 2. The zero-order valence-electron chi connectivity index (χ0n) is 16.5. The predicted octanol–water partition coefficient (Wildman–Crippen LogP) is 3.97. The lowest BCUT2D eigenvalue weighted by Crippen LogP contribution is -2.09. The molecule has 1 amide bonds. The fourth-order valence-corrected chi connectivity index (χ4v) is 2.77. The standard InChI is InChI=1S/C22H19F2N3O4/c1-30-21(29)19-5-3-2-4-16(19)13-27-14-17(12-25-27)26-20(28)11-8-15-6-9-18(10-7-15)31-22(23)24/h2-12,14,22H,13H2,1H3,(H,26,28)/b11-8-. The lowest BCUT2D eigenvalue weighted by Gasteiger charge is -2.07. The quantitative estimate of drug-likeness (QED) is 0.435. The highest BCUT2D eigenvalue weighted by Crippen LogP contribution is 2.16. The molecule has 0 unspecified atom stereocenters. The van der Waals surface area contributed by atoms with Crippen LogP contribution in [0.3, 0.4) is 0 Å². The number of ether oxygens (including phenoxy) is 2. The number of hydrogen-bond acceptors (Lipinski definition) is 5. The van der Waals surface area contributed by atoms with Gasteiger partial charge < -0.3 is 14.8 Å². The van der Waals surface area contributed by atoms with Crippen molar-refractivity contribution in [2.75, 3.05) is 12.4 Å². The summed E-state index contributed by atoms with van der Waals surface area (Å²) in [6, 6.07) is 12.9. The Balaban J connectivity index is 1.59. The molecule has 2 aromatic carbocycles. The van der Waals surface area contributed by atoms with Crippen LogP contribution >= 0.6 is 0 Å². The topological polar surface area (TPSA) is 82.5 Å². The number of amides is 1. The summed E-state index contributed by atoms with van der Waals surface area (Å²) in [6.45, 7) is -2.56. The predicted molar refractivity (Wildman–Crippen MR) is 110 cm³/mol. The molecule has 0 saturated carbocycles. The van der Waals surface area contributed by atoms with E-state index < -0.39 is 12.6 Å². The maximum absolute atomic E-state index is 12.2. The van der Waals surface area contributed by atoms with Crippen LogP contribution in [0, 0.1) is 0 Å². The zero-order chi connectivity index (χ0) is 22.2. The van der Waals surface area contributed by atoms with Gasteiger partial charge >= 0.3 is 12.6 Å². The van der Waals surface area contributed by atoms with Gasteiger partial charge in [-0.25, -0.2) is 4.79 Å². The summed E-state index contributed by atoms with van der Waals surface area (Å²) in [5.74, 6) is -0.782. The van der Waals surface area contributed by atoms with E-state index >= 15 is 0 Å².